The first-order chi connectivity index (χ1) is 8.67. The third-order valence-corrected chi connectivity index (χ3v) is 3.49. The molecule has 0 bridgehead atoms. The molecule has 1 aromatic rings. The van der Waals surface area contributed by atoms with Gasteiger partial charge in [0.05, 0.1) is 19.8 Å². The highest BCUT2D eigenvalue weighted by Crippen LogP contribution is 2.22. The molecule has 0 spiro atoms. The van der Waals surface area contributed by atoms with Gasteiger partial charge in [-0.3, -0.25) is 0 Å². The lowest BCUT2D eigenvalue weighted by molar-refractivity contribution is 0.0598. The number of ether oxygens (including phenoxy) is 2. The molecule has 0 aliphatic heterocycles. The second kappa shape index (κ2) is 8.88. The van der Waals surface area contributed by atoms with Gasteiger partial charge in [0, 0.05) is 22.6 Å². The van der Waals surface area contributed by atoms with Crippen molar-refractivity contribution in [1.29, 1.82) is 0 Å². The van der Waals surface area contributed by atoms with Crippen molar-refractivity contribution in [2.45, 2.75) is 12.5 Å². The SMILES string of the molecule is CNC(COCCOC)Cc1ccc(Br)cc1Cl. The normalized spacial score (nSPS) is 12.7. The van der Waals surface area contributed by atoms with Gasteiger partial charge in [-0.1, -0.05) is 33.6 Å². The van der Waals surface area contributed by atoms with Gasteiger partial charge in [0.15, 0.2) is 0 Å². The van der Waals surface area contributed by atoms with Crippen molar-refractivity contribution in [2.75, 3.05) is 34.0 Å². The summed E-state index contributed by atoms with van der Waals surface area (Å²) in [5.74, 6) is 0. The highest BCUT2D eigenvalue weighted by atomic mass is 79.9. The summed E-state index contributed by atoms with van der Waals surface area (Å²) in [5.41, 5.74) is 1.12. The topological polar surface area (TPSA) is 30.5 Å². The number of likely N-dealkylation sites (N-methyl/N-ethyl adjacent to an activating group) is 1. The van der Waals surface area contributed by atoms with Gasteiger partial charge in [-0.15, -0.1) is 0 Å². The second-order valence-corrected chi connectivity index (χ2v) is 5.32. The van der Waals surface area contributed by atoms with Crippen LogP contribution < -0.4 is 5.32 Å². The molecule has 18 heavy (non-hydrogen) atoms. The molecule has 1 atom stereocenters. The number of hydrogen-bond donors (Lipinski definition) is 1. The van der Waals surface area contributed by atoms with Crippen LogP contribution in [0.15, 0.2) is 22.7 Å². The molecule has 1 unspecified atom stereocenters. The quantitative estimate of drug-likeness (QED) is 0.741. The Hall–Kier alpha value is -0.130. The zero-order valence-corrected chi connectivity index (χ0v) is 13.1. The van der Waals surface area contributed by atoms with Gasteiger partial charge >= 0.3 is 0 Å². The number of nitrogens with one attached hydrogen (secondary N) is 1. The van der Waals surface area contributed by atoms with Gasteiger partial charge < -0.3 is 14.8 Å². The zero-order valence-electron chi connectivity index (χ0n) is 10.7. The number of halogens is 2. The van der Waals surface area contributed by atoms with Gasteiger partial charge in [0.2, 0.25) is 0 Å². The summed E-state index contributed by atoms with van der Waals surface area (Å²) in [6, 6.07) is 6.20. The average molecular weight is 337 g/mol. The summed E-state index contributed by atoms with van der Waals surface area (Å²) in [5, 5.41) is 4.01. The summed E-state index contributed by atoms with van der Waals surface area (Å²) in [4.78, 5) is 0. The van der Waals surface area contributed by atoms with E-state index in [0.717, 1.165) is 21.5 Å². The molecule has 1 rings (SSSR count). The van der Waals surface area contributed by atoms with Gasteiger partial charge in [0.1, 0.15) is 0 Å². The first-order valence-electron chi connectivity index (χ1n) is 5.85. The minimum absolute atomic E-state index is 0.250. The highest BCUT2D eigenvalue weighted by molar-refractivity contribution is 9.10. The lowest BCUT2D eigenvalue weighted by atomic mass is 10.1. The summed E-state index contributed by atoms with van der Waals surface area (Å²) in [6.45, 7) is 1.88. The maximum atomic E-state index is 6.20. The number of methoxy groups -OCH3 is 1. The lowest BCUT2D eigenvalue weighted by Crippen LogP contribution is -2.33. The van der Waals surface area contributed by atoms with Crippen LogP contribution in [0.5, 0.6) is 0 Å². The van der Waals surface area contributed by atoms with E-state index in [9.17, 15) is 0 Å². The van der Waals surface area contributed by atoms with Crippen molar-refractivity contribution in [3.63, 3.8) is 0 Å². The predicted molar refractivity (Wildman–Crippen MR) is 78.4 cm³/mol. The van der Waals surface area contributed by atoms with Gasteiger partial charge in [0.25, 0.3) is 0 Å². The molecule has 5 heteroatoms. The Balaban J connectivity index is 2.46. The average Bonchev–Trinajstić information content (AvgIpc) is 2.35. The van der Waals surface area contributed by atoms with Crippen molar-refractivity contribution >= 4 is 27.5 Å². The number of hydrogen-bond acceptors (Lipinski definition) is 3. The third kappa shape index (κ3) is 5.67. The van der Waals surface area contributed by atoms with E-state index in [1.807, 2.05) is 25.2 Å². The van der Waals surface area contributed by atoms with Crippen molar-refractivity contribution < 1.29 is 9.47 Å². The molecule has 1 aromatic carbocycles. The van der Waals surface area contributed by atoms with Crippen LogP contribution in [0, 0.1) is 0 Å². The van der Waals surface area contributed by atoms with E-state index < -0.39 is 0 Å². The molecule has 102 valence electrons. The first kappa shape index (κ1) is 15.9. The van der Waals surface area contributed by atoms with Crippen molar-refractivity contribution in [1.82, 2.24) is 5.32 Å². The van der Waals surface area contributed by atoms with Crippen molar-refractivity contribution in [3.05, 3.63) is 33.3 Å². The van der Waals surface area contributed by atoms with Crippen LogP contribution in [0.3, 0.4) is 0 Å². The van der Waals surface area contributed by atoms with Crippen LogP contribution in [0.4, 0.5) is 0 Å². The van der Waals surface area contributed by atoms with Gasteiger partial charge in [-0.05, 0) is 31.2 Å². The molecular formula is C13H19BrClNO2. The van der Waals surface area contributed by atoms with E-state index in [2.05, 4.69) is 21.2 Å². The summed E-state index contributed by atoms with van der Waals surface area (Å²) in [6.07, 6.45) is 0.843. The molecule has 0 fully saturated rings. The minimum Gasteiger partial charge on any atom is -0.382 e. The number of rotatable bonds is 8. The monoisotopic (exact) mass is 335 g/mol. The van der Waals surface area contributed by atoms with Crippen LogP contribution in [-0.4, -0.2) is 40.0 Å². The van der Waals surface area contributed by atoms with E-state index in [4.69, 9.17) is 21.1 Å². The van der Waals surface area contributed by atoms with Crippen LogP contribution in [-0.2, 0) is 15.9 Å². The van der Waals surface area contributed by atoms with E-state index in [1.54, 1.807) is 7.11 Å². The Kier molecular flexibility index (Phi) is 7.86. The molecule has 1 N–H and O–H groups in total. The van der Waals surface area contributed by atoms with Crippen LogP contribution in [0.25, 0.3) is 0 Å². The van der Waals surface area contributed by atoms with Gasteiger partial charge in [-0.2, -0.15) is 0 Å². The van der Waals surface area contributed by atoms with Crippen LogP contribution in [0.2, 0.25) is 5.02 Å². The van der Waals surface area contributed by atoms with E-state index in [-0.39, 0.29) is 6.04 Å². The van der Waals surface area contributed by atoms with E-state index >= 15 is 0 Å². The maximum Gasteiger partial charge on any atom is 0.0701 e. The fraction of sp³-hybridized carbons (Fsp3) is 0.538. The Morgan fingerprint density at radius 3 is 2.78 bits per heavy atom. The van der Waals surface area contributed by atoms with Crippen molar-refractivity contribution in [3.8, 4) is 0 Å². The van der Waals surface area contributed by atoms with Crippen LogP contribution >= 0.6 is 27.5 Å². The van der Waals surface area contributed by atoms with Gasteiger partial charge in [-0.25, -0.2) is 0 Å². The Morgan fingerprint density at radius 2 is 2.17 bits per heavy atom. The Bertz CT molecular complexity index is 363. The molecular weight excluding hydrogens is 318 g/mol. The molecule has 0 saturated carbocycles. The third-order valence-electron chi connectivity index (χ3n) is 2.64. The lowest BCUT2D eigenvalue weighted by Gasteiger charge is -2.17. The fourth-order valence-electron chi connectivity index (χ4n) is 1.56. The highest BCUT2D eigenvalue weighted by Gasteiger charge is 2.10. The van der Waals surface area contributed by atoms with E-state index in [0.29, 0.717) is 19.8 Å². The standard InChI is InChI=1S/C13H19BrClNO2/c1-16-12(9-18-6-5-17-2)7-10-3-4-11(14)8-13(10)15/h3-4,8,12,16H,5-7,9H2,1-2H3. The molecule has 3 nitrogen and oxygen atoms in total. The molecule has 0 saturated heterocycles. The summed E-state index contributed by atoms with van der Waals surface area (Å²) in [7, 11) is 3.59. The molecule has 0 heterocycles. The molecule has 0 aliphatic rings. The molecule has 0 aliphatic carbocycles. The predicted octanol–water partition coefficient (Wildman–Crippen LogP) is 2.90. The second-order valence-electron chi connectivity index (χ2n) is 3.99. The summed E-state index contributed by atoms with van der Waals surface area (Å²) >= 11 is 9.60. The fourth-order valence-corrected chi connectivity index (χ4v) is 2.32. The maximum absolute atomic E-state index is 6.20. The molecule has 0 amide bonds. The molecule has 0 aromatic heterocycles. The first-order valence-corrected chi connectivity index (χ1v) is 7.02. The largest absolute Gasteiger partial charge is 0.382 e. The van der Waals surface area contributed by atoms with E-state index in [1.165, 1.54) is 0 Å². The molecule has 0 radical (unpaired) electrons. The smallest absolute Gasteiger partial charge is 0.0701 e. The summed E-state index contributed by atoms with van der Waals surface area (Å²) < 4.78 is 11.5. The minimum atomic E-state index is 0.250. The number of benzene rings is 1. The Morgan fingerprint density at radius 1 is 1.39 bits per heavy atom. The Labute approximate surface area is 122 Å². The van der Waals surface area contributed by atoms with Crippen molar-refractivity contribution in [2.24, 2.45) is 0 Å². The van der Waals surface area contributed by atoms with Crippen LogP contribution in [0.1, 0.15) is 5.56 Å². The zero-order chi connectivity index (χ0) is 13.4.